The summed E-state index contributed by atoms with van der Waals surface area (Å²) in [4.78, 5) is 11.4. The van der Waals surface area contributed by atoms with Gasteiger partial charge in [0.1, 0.15) is 5.82 Å². The first kappa shape index (κ1) is 20.2. The zero-order valence-electron chi connectivity index (χ0n) is 17.3. The van der Waals surface area contributed by atoms with Gasteiger partial charge in [0.15, 0.2) is 11.7 Å². The lowest BCUT2D eigenvalue weighted by Gasteiger charge is -2.29. The van der Waals surface area contributed by atoms with Crippen LogP contribution in [0.2, 0.25) is 0 Å². The largest absolute Gasteiger partial charge is 0.461 e. The van der Waals surface area contributed by atoms with Crippen molar-refractivity contribution in [3.8, 4) is 11.6 Å². The number of hydrogen-bond acceptors (Lipinski definition) is 5. The number of aromatic nitrogens is 3. The molecule has 1 fully saturated rings. The van der Waals surface area contributed by atoms with Gasteiger partial charge in [-0.25, -0.2) is 4.98 Å². The van der Waals surface area contributed by atoms with Crippen LogP contribution >= 0.6 is 0 Å². The summed E-state index contributed by atoms with van der Waals surface area (Å²) in [5, 5.41) is 14.0. The van der Waals surface area contributed by atoms with Gasteiger partial charge in [0.05, 0.1) is 12.3 Å². The number of hydrogen-bond donors (Lipinski definition) is 3. The average molecular weight is 408 g/mol. The van der Waals surface area contributed by atoms with Crippen LogP contribution in [0.25, 0.3) is 11.6 Å². The van der Waals surface area contributed by atoms with Crippen molar-refractivity contribution in [2.45, 2.75) is 25.3 Å². The van der Waals surface area contributed by atoms with E-state index in [2.05, 4.69) is 66.0 Å². The number of benzene rings is 1. The summed E-state index contributed by atoms with van der Waals surface area (Å²) in [7, 11) is 1.80. The zero-order valence-corrected chi connectivity index (χ0v) is 17.3. The Morgan fingerprint density at radius 2 is 2.00 bits per heavy atom. The summed E-state index contributed by atoms with van der Waals surface area (Å²) in [6.45, 7) is 3.81. The molecule has 30 heavy (non-hydrogen) atoms. The minimum Gasteiger partial charge on any atom is -0.461 e. The summed E-state index contributed by atoms with van der Waals surface area (Å²) in [6.07, 6.45) is 4.87. The molecule has 1 saturated heterocycles. The van der Waals surface area contributed by atoms with Crippen LogP contribution in [-0.2, 0) is 6.42 Å². The van der Waals surface area contributed by atoms with Crippen molar-refractivity contribution in [1.82, 2.24) is 30.7 Å². The van der Waals surface area contributed by atoms with Crippen LogP contribution in [0.4, 0.5) is 0 Å². The van der Waals surface area contributed by atoms with E-state index >= 15 is 0 Å². The highest BCUT2D eigenvalue weighted by Crippen LogP contribution is 2.24. The highest BCUT2D eigenvalue weighted by Gasteiger charge is 2.23. The van der Waals surface area contributed by atoms with Gasteiger partial charge >= 0.3 is 0 Å². The molecule has 8 heteroatoms. The van der Waals surface area contributed by atoms with Gasteiger partial charge in [0.25, 0.3) is 0 Å². The predicted octanol–water partition coefficient (Wildman–Crippen LogP) is 2.61. The molecule has 3 N–H and O–H groups in total. The molecule has 0 spiro atoms. The Morgan fingerprint density at radius 3 is 2.73 bits per heavy atom. The van der Waals surface area contributed by atoms with E-state index in [1.165, 1.54) is 18.4 Å². The summed E-state index contributed by atoms with van der Waals surface area (Å²) >= 11 is 0. The van der Waals surface area contributed by atoms with E-state index in [0.717, 1.165) is 31.4 Å². The van der Waals surface area contributed by atoms with Crippen molar-refractivity contribution in [1.29, 1.82) is 0 Å². The number of guanidine groups is 1. The monoisotopic (exact) mass is 407 g/mol. The highest BCUT2D eigenvalue weighted by molar-refractivity contribution is 5.79. The summed E-state index contributed by atoms with van der Waals surface area (Å²) in [5.74, 6) is 2.84. The van der Waals surface area contributed by atoms with E-state index < -0.39 is 0 Å². The van der Waals surface area contributed by atoms with Crippen molar-refractivity contribution in [3.63, 3.8) is 0 Å². The molecule has 4 rings (SSSR count). The fraction of sp³-hybridized carbons (Fsp3) is 0.409. The van der Waals surface area contributed by atoms with Gasteiger partial charge in [-0.05, 0) is 43.6 Å². The van der Waals surface area contributed by atoms with E-state index in [4.69, 9.17) is 4.42 Å². The number of aromatic amines is 1. The first-order chi connectivity index (χ1) is 14.8. The molecule has 3 aromatic rings. The van der Waals surface area contributed by atoms with Crippen molar-refractivity contribution in [2.24, 2.45) is 4.99 Å². The standard InChI is InChI=1S/C22H29N7O/c1-23-22(24-12-11-20-26-21(28-27-20)19-10-7-15-30-19)25-16-18(29-13-5-6-14-29)17-8-3-2-4-9-17/h2-4,7-10,15,18H,5-6,11-14,16H2,1H3,(H2,23,24,25)(H,26,27,28). The minimum absolute atomic E-state index is 0.345. The first-order valence-electron chi connectivity index (χ1n) is 10.5. The number of H-pyrrole nitrogens is 1. The Bertz CT molecular complexity index is 914. The first-order valence-corrected chi connectivity index (χ1v) is 10.5. The second kappa shape index (κ2) is 10.1. The number of aliphatic imine (C=N–C) groups is 1. The van der Waals surface area contributed by atoms with Gasteiger partial charge < -0.3 is 15.1 Å². The molecular formula is C22H29N7O. The van der Waals surface area contributed by atoms with E-state index in [0.29, 0.717) is 30.6 Å². The Hall–Kier alpha value is -3.13. The Labute approximate surface area is 176 Å². The number of nitrogens with one attached hydrogen (secondary N) is 3. The fourth-order valence-electron chi connectivity index (χ4n) is 3.82. The molecule has 1 unspecified atom stereocenters. The minimum atomic E-state index is 0.345. The van der Waals surface area contributed by atoms with Crippen LogP contribution in [0.5, 0.6) is 0 Å². The molecule has 0 amide bonds. The number of rotatable bonds is 8. The van der Waals surface area contributed by atoms with Crippen molar-refractivity contribution < 1.29 is 4.42 Å². The molecule has 1 aliphatic rings. The summed E-state index contributed by atoms with van der Waals surface area (Å²) in [5.41, 5.74) is 1.34. The van der Waals surface area contributed by atoms with Gasteiger partial charge in [-0.1, -0.05) is 30.3 Å². The van der Waals surface area contributed by atoms with Gasteiger partial charge in [0, 0.05) is 26.6 Å². The van der Waals surface area contributed by atoms with E-state index in [1.54, 1.807) is 13.3 Å². The molecule has 158 valence electrons. The molecular weight excluding hydrogens is 378 g/mol. The topological polar surface area (TPSA) is 94.4 Å². The van der Waals surface area contributed by atoms with E-state index in [-0.39, 0.29) is 0 Å². The summed E-state index contributed by atoms with van der Waals surface area (Å²) in [6, 6.07) is 14.7. The van der Waals surface area contributed by atoms with Gasteiger partial charge in [-0.2, -0.15) is 5.10 Å². The van der Waals surface area contributed by atoms with Crippen LogP contribution in [-0.4, -0.2) is 59.3 Å². The summed E-state index contributed by atoms with van der Waals surface area (Å²) < 4.78 is 5.33. The van der Waals surface area contributed by atoms with Crippen LogP contribution in [0, 0.1) is 0 Å². The average Bonchev–Trinajstić information content (AvgIpc) is 3.56. The maximum absolute atomic E-state index is 5.33. The maximum atomic E-state index is 5.33. The number of furan rings is 1. The molecule has 2 aromatic heterocycles. The zero-order chi connectivity index (χ0) is 20.6. The molecule has 1 atom stereocenters. The molecule has 1 aliphatic heterocycles. The molecule has 0 aliphatic carbocycles. The third-order valence-electron chi connectivity index (χ3n) is 5.38. The molecule has 0 radical (unpaired) electrons. The third kappa shape index (κ3) is 5.07. The van der Waals surface area contributed by atoms with E-state index in [9.17, 15) is 0 Å². The number of likely N-dealkylation sites (tertiary alicyclic amines) is 1. The SMILES string of the molecule is CN=C(NCCc1nc(-c2ccco2)n[nH]1)NCC(c1ccccc1)N1CCCC1. The molecule has 3 heterocycles. The number of nitrogens with zero attached hydrogens (tertiary/aromatic N) is 4. The van der Waals surface area contributed by atoms with Crippen LogP contribution in [0.1, 0.15) is 30.3 Å². The smallest absolute Gasteiger partial charge is 0.216 e. The lowest BCUT2D eigenvalue weighted by molar-refractivity contribution is 0.245. The van der Waals surface area contributed by atoms with Crippen LogP contribution in [0.15, 0.2) is 58.1 Å². The second-order valence-corrected chi connectivity index (χ2v) is 7.38. The van der Waals surface area contributed by atoms with E-state index in [1.807, 2.05) is 12.1 Å². The Kier molecular flexibility index (Phi) is 6.76. The third-order valence-corrected chi connectivity index (χ3v) is 5.38. The van der Waals surface area contributed by atoms with Crippen molar-refractivity contribution in [2.75, 3.05) is 33.2 Å². The second-order valence-electron chi connectivity index (χ2n) is 7.38. The predicted molar refractivity (Wildman–Crippen MR) is 117 cm³/mol. The fourth-order valence-corrected chi connectivity index (χ4v) is 3.82. The molecule has 8 nitrogen and oxygen atoms in total. The van der Waals surface area contributed by atoms with Gasteiger partial charge in [-0.3, -0.25) is 15.0 Å². The van der Waals surface area contributed by atoms with Crippen molar-refractivity contribution >= 4 is 5.96 Å². The van der Waals surface area contributed by atoms with Gasteiger partial charge in [0.2, 0.25) is 5.82 Å². The quantitative estimate of drug-likeness (QED) is 0.393. The van der Waals surface area contributed by atoms with Crippen LogP contribution in [0.3, 0.4) is 0 Å². The van der Waals surface area contributed by atoms with Crippen molar-refractivity contribution in [3.05, 3.63) is 60.1 Å². The maximum Gasteiger partial charge on any atom is 0.216 e. The van der Waals surface area contributed by atoms with Gasteiger partial charge in [-0.15, -0.1) is 0 Å². The lowest BCUT2D eigenvalue weighted by Crippen LogP contribution is -2.43. The molecule has 0 bridgehead atoms. The lowest BCUT2D eigenvalue weighted by atomic mass is 10.1. The Morgan fingerprint density at radius 1 is 1.17 bits per heavy atom. The highest BCUT2D eigenvalue weighted by atomic mass is 16.3. The Balaban J connectivity index is 1.28. The molecule has 1 aromatic carbocycles. The molecule has 0 saturated carbocycles. The van der Waals surface area contributed by atoms with Crippen LogP contribution < -0.4 is 10.6 Å². The normalized spacial score (nSPS) is 16.0.